The van der Waals surface area contributed by atoms with Crippen molar-refractivity contribution in [2.24, 2.45) is 0 Å². The molecule has 1 saturated heterocycles. The number of halogens is 1. The molecule has 1 atom stereocenters. The van der Waals surface area contributed by atoms with Crippen LogP contribution < -0.4 is 5.32 Å². The maximum absolute atomic E-state index is 11.6. The highest BCUT2D eigenvalue weighted by molar-refractivity contribution is 9.10. The van der Waals surface area contributed by atoms with Crippen LogP contribution in [0, 0.1) is 0 Å². The van der Waals surface area contributed by atoms with Crippen LogP contribution in [0.1, 0.15) is 64.7 Å². The van der Waals surface area contributed by atoms with Gasteiger partial charge in [0.1, 0.15) is 4.32 Å². The highest BCUT2D eigenvalue weighted by atomic mass is 79.9. The van der Waals surface area contributed by atoms with Crippen LogP contribution in [0.25, 0.3) is 0 Å². The van der Waals surface area contributed by atoms with Crippen LogP contribution in [0.2, 0.25) is 0 Å². The lowest BCUT2D eigenvalue weighted by atomic mass is 9.79. The van der Waals surface area contributed by atoms with Gasteiger partial charge in [-0.1, -0.05) is 87.5 Å². The van der Waals surface area contributed by atoms with E-state index in [1.54, 1.807) is 11.8 Å². The van der Waals surface area contributed by atoms with Crippen molar-refractivity contribution >= 4 is 54.1 Å². The van der Waals surface area contributed by atoms with Gasteiger partial charge in [0.05, 0.1) is 11.5 Å². The number of nitrogens with one attached hydrogen (secondary N) is 1. The van der Waals surface area contributed by atoms with E-state index >= 15 is 0 Å². The molecule has 0 amide bonds. The molecule has 152 valence electrons. The number of rotatable bonds is 3. The van der Waals surface area contributed by atoms with Gasteiger partial charge in [0, 0.05) is 16.3 Å². The fourth-order valence-corrected chi connectivity index (χ4v) is 6.78. The van der Waals surface area contributed by atoms with E-state index in [0.717, 1.165) is 10.2 Å². The first kappa shape index (κ1) is 23.2. The molecule has 1 fully saturated rings. The van der Waals surface area contributed by atoms with Crippen LogP contribution in [-0.4, -0.2) is 30.3 Å². The van der Waals surface area contributed by atoms with Crippen molar-refractivity contribution in [2.45, 2.75) is 70.6 Å². The number of hydrogen-bond acceptors (Lipinski definition) is 4. The number of sulfone groups is 1. The van der Waals surface area contributed by atoms with Crippen LogP contribution in [0.4, 0.5) is 0 Å². The molecule has 1 aromatic rings. The van der Waals surface area contributed by atoms with E-state index in [4.69, 9.17) is 12.2 Å². The van der Waals surface area contributed by atoms with E-state index in [9.17, 15) is 8.42 Å². The van der Waals surface area contributed by atoms with Gasteiger partial charge in [0.15, 0.2) is 9.84 Å². The Balaban J connectivity index is 2.17. The Morgan fingerprint density at radius 3 is 2.33 bits per heavy atom. The second-order valence-electron chi connectivity index (χ2n) is 9.30. The molecular formula is C20H30BrNO2S3. The fourth-order valence-electron chi connectivity index (χ4n) is 3.14. The number of benzene rings is 1. The highest BCUT2D eigenvalue weighted by Gasteiger charge is 2.29. The molecule has 0 saturated carbocycles. The predicted molar refractivity (Wildman–Crippen MR) is 126 cm³/mol. The van der Waals surface area contributed by atoms with Crippen molar-refractivity contribution in [1.82, 2.24) is 5.32 Å². The molecule has 1 aromatic carbocycles. The minimum Gasteiger partial charge on any atom is -0.367 e. The van der Waals surface area contributed by atoms with Gasteiger partial charge in [-0.25, -0.2) is 8.42 Å². The molecule has 3 nitrogen and oxygen atoms in total. The summed E-state index contributed by atoms with van der Waals surface area (Å²) in [6.07, 6.45) is 0.639. The van der Waals surface area contributed by atoms with Crippen LogP contribution in [0.5, 0.6) is 0 Å². The number of thiocarbonyl (C=S) groups is 1. The Kier molecular flexibility index (Phi) is 7.15. The van der Waals surface area contributed by atoms with E-state index in [2.05, 4.69) is 74.9 Å². The first-order valence-corrected chi connectivity index (χ1v) is 13.2. The van der Waals surface area contributed by atoms with Crippen LogP contribution >= 0.6 is 39.9 Å². The third kappa shape index (κ3) is 6.44. The molecule has 1 N–H and O–H groups in total. The minimum atomic E-state index is -2.90. The van der Waals surface area contributed by atoms with Gasteiger partial charge in [-0.2, -0.15) is 0 Å². The zero-order chi connectivity index (χ0) is 20.6. The zero-order valence-electron chi connectivity index (χ0n) is 17.0. The monoisotopic (exact) mass is 491 g/mol. The molecule has 1 aliphatic rings. The van der Waals surface area contributed by atoms with Crippen molar-refractivity contribution in [3.8, 4) is 0 Å². The van der Waals surface area contributed by atoms with E-state index in [-0.39, 0.29) is 28.4 Å². The maximum Gasteiger partial charge on any atom is 0.152 e. The van der Waals surface area contributed by atoms with Gasteiger partial charge in [-0.15, -0.1) is 0 Å². The Labute approximate surface area is 182 Å². The van der Waals surface area contributed by atoms with Crippen molar-refractivity contribution in [1.29, 1.82) is 0 Å². The SMILES string of the molecule is CC(C)(C)c1cc(Br)c(CSC(=S)N[C@@H]2CCS(=O)(=O)C2)c(C(C)(C)C)c1. The van der Waals surface area contributed by atoms with Gasteiger partial charge in [0.25, 0.3) is 0 Å². The smallest absolute Gasteiger partial charge is 0.152 e. The van der Waals surface area contributed by atoms with Gasteiger partial charge < -0.3 is 5.32 Å². The van der Waals surface area contributed by atoms with Gasteiger partial charge in [-0.3, -0.25) is 0 Å². The van der Waals surface area contributed by atoms with Crippen LogP contribution in [0.3, 0.4) is 0 Å². The lowest BCUT2D eigenvalue weighted by Gasteiger charge is -2.28. The largest absolute Gasteiger partial charge is 0.367 e. The summed E-state index contributed by atoms with van der Waals surface area (Å²) < 4.78 is 25.0. The Morgan fingerprint density at radius 2 is 1.85 bits per heavy atom. The van der Waals surface area contributed by atoms with Crippen molar-refractivity contribution in [2.75, 3.05) is 11.5 Å². The van der Waals surface area contributed by atoms with E-state index in [1.165, 1.54) is 16.7 Å². The molecular weight excluding hydrogens is 462 g/mol. The third-order valence-electron chi connectivity index (χ3n) is 4.77. The second-order valence-corrected chi connectivity index (χ2v) is 14.0. The Hall–Kier alpha value is -0.110. The number of hydrogen-bond donors (Lipinski definition) is 1. The first-order chi connectivity index (χ1) is 12.2. The molecule has 0 unspecified atom stereocenters. The van der Waals surface area contributed by atoms with Gasteiger partial charge in [-0.05, 0) is 40.0 Å². The summed E-state index contributed by atoms with van der Waals surface area (Å²) in [6, 6.07) is 4.48. The normalized spacial score (nSPS) is 19.9. The first-order valence-electron chi connectivity index (χ1n) is 9.16. The van der Waals surface area contributed by atoms with E-state index in [0.29, 0.717) is 10.7 Å². The molecule has 0 bridgehead atoms. The molecule has 1 aliphatic heterocycles. The Bertz CT molecular complexity index is 821. The molecule has 0 aliphatic carbocycles. The molecule has 0 aromatic heterocycles. The molecule has 1 heterocycles. The second kappa shape index (κ2) is 8.33. The van der Waals surface area contributed by atoms with Crippen LogP contribution in [-0.2, 0) is 26.4 Å². The average Bonchev–Trinajstić information content (AvgIpc) is 2.82. The quantitative estimate of drug-likeness (QED) is 0.578. The highest BCUT2D eigenvalue weighted by Crippen LogP contribution is 2.37. The molecule has 0 radical (unpaired) electrons. The molecule has 27 heavy (non-hydrogen) atoms. The summed E-state index contributed by atoms with van der Waals surface area (Å²) in [5, 5.41) is 3.22. The van der Waals surface area contributed by atoms with E-state index in [1.807, 2.05) is 0 Å². The van der Waals surface area contributed by atoms with Crippen molar-refractivity contribution in [3.05, 3.63) is 33.3 Å². The minimum absolute atomic E-state index is 0.0221. The summed E-state index contributed by atoms with van der Waals surface area (Å²) in [6.45, 7) is 13.4. The summed E-state index contributed by atoms with van der Waals surface area (Å²) >= 11 is 10.8. The average molecular weight is 493 g/mol. The summed E-state index contributed by atoms with van der Waals surface area (Å²) in [4.78, 5) is 0. The van der Waals surface area contributed by atoms with Gasteiger partial charge >= 0.3 is 0 Å². The van der Waals surface area contributed by atoms with Crippen LogP contribution in [0.15, 0.2) is 16.6 Å². The fraction of sp³-hybridized carbons (Fsp3) is 0.650. The molecule has 0 spiro atoms. The lowest BCUT2D eigenvalue weighted by molar-refractivity contribution is 0.564. The number of thioether (sulfide) groups is 1. The maximum atomic E-state index is 11.6. The molecule has 7 heteroatoms. The lowest BCUT2D eigenvalue weighted by Crippen LogP contribution is -2.32. The molecule has 2 rings (SSSR count). The summed E-state index contributed by atoms with van der Waals surface area (Å²) in [5.41, 5.74) is 3.99. The van der Waals surface area contributed by atoms with Crippen molar-refractivity contribution < 1.29 is 8.42 Å². The predicted octanol–water partition coefficient (Wildman–Crippen LogP) is 5.34. The third-order valence-corrected chi connectivity index (χ3v) is 8.53. The Morgan fingerprint density at radius 1 is 1.22 bits per heavy atom. The summed E-state index contributed by atoms with van der Waals surface area (Å²) in [7, 11) is -2.90. The van der Waals surface area contributed by atoms with Crippen molar-refractivity contribution in [3.63, 3.8) is 0 Å². The van der Waals surface area contributed by atoms with E-state index < -0.39 is 9.84 Å². The van der Waals surface area contributed by atoms with Gasteiger partial charge in [0.2, 0.25) is 0 Å². The topological polar surface area (TPSA) is 46.2 Å². The standard InChI is InChI=1S/C20H30BrNO2S3/c1-19(2,3)13-9-16(20(4,5)6)15(17(21)10-13)11-26-18(25)22-14-7-8-27(23,24)12-14/h9-10,14H,7-8,11-12H2,1-6H3,(H,22,25)/t14-/m1/s1. The summed E-state index contributed by atoms with van der Waals surface area (Å²) in [5.74, 6) is 1.19. The zero-order valence-corrected chi connectivity index (χ0v) is 21.0.